The minimum Gasteiger partial charge on any atom is -0.454 e. The van der Waals surface area contributed by atoms with Crippen LogP contribution >= 0.6 is 15.9 Å². The molecule has 0 bridgehead atoms. The Morgan fingerprint density at radius 2 is 1.92 bits per heavy atom. The molecule has 0 spiro atoms. The number of hydrogen-bond acceptors (Lipinski definition) is 4. The molecule has 3 rings (SSSR count). The van der Waals surface area contributed by atoms with Gasteiger partial charge in [0.1, 0.15) is 5.75 Å². The van der Waals surface area contributed by atoms with Crippen molar-refractivity contribution in [2.24, 2.45) is 0 Å². The number of hydrogen-bond donors (Lipinski definition) is 1. The van der Waals surface area contributed by atoms with E-state index in [1.54, 1.807) is 12.1 Å². The highest BCUT2D eigenvalue weighted by molar-refractivity contribution is 9.10. The van der Waals surface area contributed by atoms with Gasteiger partial charge in [-0.3, -0.25) is 0 Å². The third-order valence-corrected chi connectivity index (χ3v) is 4.55. The van der Waals surface area contributed by atoms with Crippen molar-refractivity contribution in [3.63, 3.8) is 0 Å². The van der Waals surface area contributed by atoms with Gasteiger partial charge in [0.15, 0.2) is 11.5 Å². The number of benzene rings is 2. The van der Waals surface area contributed by atoms with Crippen LogP contribution in [0.5, 0.6) is 17.2 Å². The predicted molar refractivity (Wildman–Crippen MR) is 93.2 cm³/mol. The molecule has 0 fully saturated rings. The summed E-state index contributed by atoms with van der Waals surface area (Å²) in [6.07, 6.45) is 0. The third-order valence-electron chi connectivity index (χ3n) is 4.05. The molecule has 0 atom stereocenters. The van der Waals surface area contributed by atoms with Gasteiger partial charge >= 0.3 is 6.61 Å². The molecule has 4 nitrogen and oxygen atoms in total. The average molecular weight is 414 g/mol. The third kappa shape index (κ3) is 4.22. The zero-order valence-corrected chi connectivity index (χ0v) is 15.4. The number of alkyl halides is 2. The second-order valence-corrected chi connectivity index (χ2v) is 7.09. The van der Waals surface area contributed by atoms with Crippen molar-refractivity contribution in [3.05, 3.63) is 52.0 Å². The Morgan fingerprint density at radius 1 is 1.16 bits per heavy atom. The molecule has 2 aromatic carbocycles. The molecule has 1 aliphatic heterocycles. The Bertz CT molecular complexity index is 768. The fraction of sp³-hybridized carbons (Fsp3) is 0.333. The molecule has 2 aromatic rings. The lowest BCUT2D eigenvalue weighted by molar-refractivity contribution is -0.0505. The first-order chi connectivity index (χ1) is 11.8. The molecule has 0 saturated carbocycles. The van der Waals surface area contributed by atoms with E-state index in [4.69, 9.17) is 9.47 Å². The molecular formula is C18H18BrF2NO3. The lowest BCUT2D eigenvalue weighted by Gasteiger charge is -2.28. The number of halogens is 3. The summed E-state index contributed by atoms with van der Waals surface area (Å²) in [6.45, 7) is 1.75. The summed E-state index contributed by atoms with van der Waals surface area (Å²) in [7, 11) is 0. The molecule has 0 aliphatic carbocycles. The molecule has 1 heterocycles. The summed E-state index contributed by atoms with van der Waals surface area (Å²) in [5.41, 5.74) is 1.23. The number of rotatable bonds is 6. The van der Waals surface area contributed by atoms with Crippen LogP contribution in [-0.2, 0) is 12.1 Å². The van der Waals surface area contributed by atoms with Crippen molar-refractivity contribution in [1.82, 2.24) is 5.32 Å². The van der Waals surface area contributed by atoms with Crippen molar-refractivity contribution in [2.75, 3.05) is 6.79 Å². The molecule has 1 N–H and O–H groups in total. The van der Waals surface area contributed by atoms with E-state index in [-0.39, 0.29) is 12.5 Å². The molecule has 0 amide bonds. The topological polar surface area (TPSA) is 39.7 Å². The summed E-state index contributed by atoms with van der Waals surface area (Å²) < 4.78 is 41.3. The van der Waals surface area contributed by atoms with Crippen LogP contribution in [0.25, 0.3) is 0 Å². The van der Waals surface area contributed by atoms with Gasteiger partial charge in [-0.05, 0) is 49.7 Å². The number of nitrogens with one attached hydrogen (secondary N) is 1. The van der Waals surface area contributed by atoms with E-state index in [0.29, 0.717) is 17.9 Å². The van der Waals surface area contributed by atoms with Crippen molar-refractivity contribution in [2.45, 2.75) is 32.5 Å². The maximum Gasteiger partial charge on any atom is 0.387 e. The van der Waals surface area contributed by atoms with Gasteiger partial charge in [0.05, 0.1) is 0 Å². The highest BCUT2D eigenvalue weighted by atomic mass is 79.9. The van der Waals surface area contributed by atoms with E-state index in [2.05, 4.69) is 26.0 Å². The quantitative estimate of drug-likeness (QED) is 0.737. The van der Waals surface area contributed by atoms with Crippen LogP contribution in [0.15, 0.2) is 40.9 Å². The molecular weight excluding hydrogens is 396 g/mol. The Hall–Kier alpha value is -1.86. The van der Waals surface area contributed by atoms with Gasteiger partial charge in [0.2, 0.25) is 6.79 Å². The lowest BCUT2D eigenvalue weighted by atomic mass is 9.93. The Labute approximate surface area is 153 Å². The molecule has 0 radical (unpaired) electrons. The summed E-state index contributed by atoms with van der Waals surface area (Å²) in [5, 5.41) is 3.38. The minimum absolute atomic E-state index is 0.159. The second kappa shape index (κ2) is 7.17. The van der Waals surface area contributed by atoms with Crippen LogP contribution in [0.1, 0.15) is 25.0 Å². The van der Waals surface area contributed by atoms with Gasteiger partial charge in [-0.1, -0.05) is 22.0 Å². The Morgan fingerprint density at radius 3 is 2.68 bits per heavy atom. The first kappa shape index (κ1) is 17.9. The zero-order valence-electron chi connectivity index (χ0n) is 13.8. The van der Waals surface area contributed by atoms with Crippen LogP contribution in [0.4, 0.5) is 8.78 Å². The lowest BCUT2D eigenvalue weighted by Crippen LogP contribution is -2.36. The van der Waals surface area contributed by atoms with Gasteiger partial charge in [-0.25, -0.2) is 0 Å². The summed E-state index contributed by atoms with van der Waals surface area (Å²) in [4.78, 5) is 0. The van der Waals surface area contributed by atoms with Gasteiger partial charge in [-0.2, -0.15) is 8.78 Å². The van der Waals surface area contributed by atoms with Crippen molar-refractivity contribution < 1.29 is 23.0 Å². The molecule has 25 heavy (non-hydrogen) atoms. The molecule has 0 unspecified atom stereocenters. The second-order valence-electron chi connectivity index (χ2n) is 6.18. The van der Waals surface area contributed by atoms with Crippen molar-refractivity contribution in [3.8, 4) is 17.2 Å². The zero-order chi connectivity index (χ0) is 18.0. The van der Waals surface area contributed by atoms with Gasteiger partial charge in [-0.15, -0.1) is 0 Å². The first-order valence-corrected chi connectivity index (χ1v) is 8.53. The minimum atomic E-state index is -2.86. The molecule has 0 saturated heterocycles. The van der Waals surface area contributed by atoms with Crippen LogP contribution in [0.3, 0.4) is 0 Å². The van der Waals surface area contributed by atoms with Gasteiger partial charge < -0.3 is 19.5 Å². The number of fused-ring (bicyclic) bond motifs is 1. The predicted octanol–water partition coefficient (Wildman–Crippen LogP) is 4.80. The fourth-order valence-corrected chi connectivity index (χ4v) is 3.01. The van der Waals surface area contributed by atoms with Crippen LogP contribution < -0.4 is 19.5 Å². The molecule has 1 aliphatic rings. The summed E-state index contributed by atoms with van der Waals surface area (Å²) in [6, 6.07) is 10.7. The van der Waals surface area contributed by atoms with E-state index >= 15 is 0 Å². The van der Waals surface area contributed by atoms with Crippen molar-refractivity contribution in [1.29, 1.82) is 0 Å². The summed E-state index contributed by atoms with van der Waals surface area (Å²) >= 11 is 3.36. The van der Waals surface area contributed by atoms with Crippen LogP contribution in [0.2, 0.25) is 0 Å². The Kier molecular flexibility index (Phi) is 5.15. The Balaban J connectivity index is 1.77. The maximum atomic E-state index is 12.6. The molecule has 7 heteroatoms. The monoisotopic (exact) mass is 413 g/mol. The van der Waals surface area contributed by atoms with E-state index < -0.39 is 12.2 Å². The SMILES string of the molecule is CC(C)(NCc1cc(Br)ccc1OC(F)F)c1ccc2c(c1)OCO2. The van der Waals surface area contributed by atoms with Gasteiger partial charge in [0, 0.05) is 22.1 Å². The standard InChI is InChI=1S/C18H18BrF2NO3/c1-18(2,12-3-5-15-16(8-12)24-10-23-15)22-9-11-7-13(19)4-6-14(11)25-17(20)21/h3-8,17,22H,9-10H2,1-2H3. The largest absolute Gasteiger partial charge is 0.454 e. The van der Waals surface area contributed by atoms with Gasteiger partial charge in [0.25, 0.3) is 0 Å². The normalized spacial score (nSPS) is 13.4. The molecule has 0 aromatic heterocycles. The van der Waals surface area contributed by atoms with E-state index in [1.165, 1.54) is 6.07 Å². The highest BCUT2D eigenvalue weighted by Gasteiger charge is 2.24. The van der Waals surface area contributed by atoms with E-state index in [0.717, 1.165) is 15.8 Å². The van der Waals surface area contributed by atoms with E-state index in [9.17, 15) is 8.78 Å². The first-order valence-electron chi connectivity index (χ1n) is 7.73. The van der Waals surface area contributed by atoms with Crippen molar-refractivity contribution >= 4 is 15.9 Å². The van der Waals surface area contributed by atoms with Crippen LogP contribution in [0, 0.1) is 0 Å². The summed E-state index contributed by atoms with van der Waals surface area (Å²) in [5.74, 6) is 1.59. The van der Waals surface area contributed by atoms with E-state index in [1.807, 2.05) is 32.0 Å². The van der Waals surface area contributed by atoms with Crippen LogP contribution in [-0.4, -0.2) is 13.4 Å². The highest BCUT2D eigenvalue weighted by Crippen LogP contribution is 2.36. The number of ether oxygens (including phenoxy) is 3. The maximum absolute atomic E-state index is 12.6. The molecule has 134 valence electrons. The average Bonchev–Trinajstić information content (AvgIpc) is 3.02. The smallest absolute Gasteiger partial charge is 0.387 e. The fourth-order valence-electron chi connectivity index (χ4n) is 2.60.